The smallest absolute Gasteiger partial charge is 0.416 e. The van der Waals surface area contributed by atoms with Crippen LogP contribution in [0.5, 0.6) is 5.75 Å². The minimum Gasteiger partial charge on any atom is -0.497 e. The molecule has 1 amide bonds. The van der Waals surface area contributed by atoms with Crippen molar-refractivity contribution in [1.82, 2.24) is 5.32 Å². The zero-order valence-corrected chi connectivity index (χ0v) is 16.0. The molecule has 3 rings (SSSR count). The Morgan fingerprint density at radius 1 is 1.26 bits per heavy atom. The van der Waals surface area contributed by atoms with E-state index in [1.54, 1.807) is 0 Å². The van der Waals surface area contributed by atoms with Gasteiger partial charge in [0.25, 0.3) is 0 Å². The maximum absolute atomic E-state index is 13.3. The van der Waals surface area contributed by atoms with Crippen molar-refractivity contribution < 1.29 is 22.7 Å². The van der Waals surface area contributed by atoms with Crippen LogP contribution in [0, 0.1) is 17.8 Å². The number of nitrogens with one attached hydrogen (secondary N) is 1. The lowest BCUT2D eigenvalue weighted by atomic mass is 9.65. The third kappa shape index (κ3) is 4.88. The summed E-state index contributed by atoms with van der Waals surface area (Å²) < 4.78 is 44.7. The molecule has 2 saturated carbocycles. The third-order valence-electron chi connectivity index (χ3n) is 5.86. The molecular weight excluding hydrogens is 381 g/mol. The second-order valence-corrected chi connectivity index (χ2v) is 7.44. The zero-order valence-electron chi connectivity index (χ0n) is 15.2. The monoisotopic (exact) mass is 406 g/mol. The number of hydrogen-bond donors (Lipinski definition) is 2. The maximum atomic E-state index is 13.3. The number of benzene rings is 1. The predicted molar refractivity (Wildman–Crippen MR) is 98.6 cm³/mol. The number of hydrogen-bond acceptors (Lipinski definition) is 3. The van der Waals surface area contributed by atoms with Gasteiger partial charge in [-0.25, -0.2) is 0 Å². The van der Waals surface area contributed by atoms with Crippen molar-refractivity contribution in [3.8, 4) is 5.75 Å². The molecule has 1 aromatic rings. The Labute approximate surface area is 163 Å². The summed E-state index contributed by atoms with van der Waals surface area (Å²) in [6.07, 6.45) is 0.203. The van der Waals surface area contributed by atoms with Gasteiger partial charge in [0, 0.05) is 18.5 Å². The number of alkyl halides is 3. The Kier molecular flexibility index (Phi) is 7.03. The lowest BCUT2D eigenvalue weighted by molar-refractivity contribution is -0.138. The summed E-state index contributed by atoms with van der Waals surface area (Å²) in [5.74, 6) is 0.520. The fourth-order valence-electron chi connectivity index (χ4n) is 4.43. The minimum atomic E-state index is -4.50. The van der Waals surface area contributed by atoms with E-state index < -0.39 is 11.7 Å². The lowest BCUT2D eigenvalue weighted by Crippen LogP contribution is -2.49. The summed E-state index contributed by atoms with van der Waals surface area (Å²) in [5, 5.41) is 2.70. The Bertz CT molecular complexity index is 655. The Balaban J connectivity index is 0.00000261. The normalized spacial score (nSPS) is 27.4. The van der Waals surface area contributed by atoms with Crippen LogP contribution >= 0.6 is 12.4 Å². The van der Waals surface area contributed by atoms with E-state index in [0.29, 0.717) is 11.8 Å². The van der Waals surface area contributed by atoms with E-state index in [0.717, 1.165) is 38.2 Å². The van der Waals surface area contributed by atoms with Gasteiger partial charge >= 0.3 is 6.18 Å². The molecule has 2 atom stereocenters. The van der Waals surface area contributed by atoms with Crippen LogP contribution in [-0.4, -0.2) is 19.1 Å². The Morgan fingerprint density at radius 3 is 2.44 bits per heavy atom. The van der Waals surface area contributed by atoms with E-state index in [9.17, 15) is 18.0 Å². The van der Waals surface area contributed by atoms with Gasteiger partial charge < -0.3 is 15.8 Å². The maximum Gasteiger partial charge on any atom is 0.416 e. The first-order valence-corrected chi connectivity index (χ1v) is 9.07. The summed E-state index contributed by atoms with van der Waals surface area (Å²) in [4.78, 5) is 12.5. The van der Waals surface area contributed by atoms with Gasteiger partial charge in [0.05, 0.1) is 12.7 Å². The SMILES string of the molecule is COc1ccc(CNC(=O)C2CC3CCCC(C2)C3N)c(C(F)(F)F)c1.Cl. The van der Waals surface area contributed by atoms with Gasteiger partial charge in [0.15, 0.2) is 0 Å². The summed E-state index contributed by atoms with van der Waals surface area (Å²) in [6.45, 7) is -0.143. The fourth-order valence-corrected chi connectivity index (χ4v) is 4.43. The molecule has 2 fully saturated rings. The average molecular weight is 407 g/mol. The Morgan fingerprint density at radius 2 is 1.89 bits per heavy atom. The van der Waals surface area contributed by atoms with Crippen molar-refractivity contribution in [3.05, 3.63) is 29.3 Å². The molecule has 2 bridgehead atoms. The number of nitrogens with two attached hydrogens (primary N) is 1. The van der Waals surface area contributed by atoms with E-state index in [1.165, 1.54) is 19.2 Å². The van der Waals surface area contributed by atoms with Crippen molar-refractivity contribution >= 4 is 18.3 Å². The summed E-state index contributed by atoms with van der Waals surface area (Å²) in [7, 11) is 1.32. The molecule has 2 aliphatic rings. The lowest BCUT2D eigenvalue weighted by Gasteiger charge is -2.43. The molecule has 0 saturated heterocycles. The van der Waals surface area contributed by atoms with E-state index in [2.05, 4.69) is 5.32 Å². The highest BCUT2D eigenvalue weighted by Gasteiger charge is 2.40. The van der Waals surface area contributed by atoms with Crippen molar-refractivity contribution in [3.63, 3.8) is 0 Å². The molecule has 3 N–H and O–H groups in total. The van der Waals surface area contributed by atoms with Crippen LogP contribution < -0.4 is 15.8 Å². The third-order valence-corrected chi connectivity index (χ3v) is 5.86. The first-order chi connectivity index (χ1) is 12.3. The number of rotatable bonds is 4. The summed E-state index contributed by atoms with van der Waals surface area (Å²) in [6, 6.07) is 3.95. The molecular formula is C19H26ClF3N2O2. The number of amides is 1. The first kappa shape index (κ1) is 21.8. The highest BCUT2D eigenvalue weighted by Crippen LogP contribution is 2.42. The summed E-state index contributed by atoms with van der Waals surface area (Å²) >= 11 is 0. The van der Waals surface area contributed by atoms with Crippen molar-refractivity contribution in [2.24, 2.45) is 23.5 Å². The summed E-state index contributed by atoms with van der Waals surface area (Å²) in [5.41, 5.74) is 5.50. The largest absolute Gasteiger partial charge is 0.497 e. The standard InChI is InChI=1S/C19H25F3N2O2.ClH/c1-26-15-6-5-13(16(9-15)19(20,21)22)10-24-18(25)14-7-11-3-2-4-12(8-14)17(11)23;/h5-6,9,11-12,14,17H,2-4,7-8,10,23H2,1H3,(H,24,25);1H. The molecule has 8 heteroatoms. The molecule has 0 aromatic heterocycles. The van der Waals surface area contributed by atoms with Gasteiger partial charge in [-0.05, 0) is 55.2 Å². The zero-order chi connectivity index (χ0) is 18.9. The molecule has 0 spiro atoms. The minimum absolute atomic E-state index is 0. The average Bonchev–Trinajstić information content (AvgIpc) is 2.58. The van der Waals surface area contributed by atoms with Gasteiger partial charge in [-0.2, -0.15) is 13.2 Å². The molecule has 2 unspecified atom stereocenters. The van der Waals surface area contributed by atoms with Crippen LogP contribution in [0.25, 0.3) is 0 Å². The van der Waals surface area contributed by atoms with Crippen molar-refractivity contribution in [2.75, 3.05) is 7.11 Å². The molecule has 2 aliphatic carbocycles. The van der Waals surface area contributed by atoms with Gasteiger partial charge in [-0.1, -0.05) is 12.5 Å². The van der Waals surface area contributed by atoms with Crippen LogP contribution in [0.3, 0.4) is 0 Å². The molecule has 27 heavy (non-hydrogen) atoms. The highest BCUT2D eigenvalue weighted by molar-refractivity contribution is 5.85. The van der Waals surface area contributed by atoms with Gasteiger partial charge in [-0.15, -0.1) is 12.4 Å². The number of fused-ring (bicyclic) bond motifs is 2. The predicted octanol–water partition coefficient (Wildman–Crippen LogP) is 3.91. The molecule has 4 nitrogen and oxygen atoms in total. The molecule has 0 heterocycles. The molecule has 1 aromatic carbocycles. The van der Waals surface area contributed by atoms with Crippen LogP contribution in [-0.2, 0) is 17.5 Å². The van der Waals surface area contributed by atoms with Gasteiger partial charge in [0.1, 0.15) is 5.75 Å². The molecule has 152 valence electrons. The van der Waals surface area contributed by atoms with Gasteiger partial charge in [0.2, 0.25) is 5.91 Å². The molecule has 0 radical (unpaired) electrons. The van der Waals surface area contributed by atoms with E-state index in [4.69, 9.17) is 10.5 Å². The van der Waals surface area contributed by atoms with E-state index >= 15 is 0 Å². The topological polar surface area (TPSA) is 64.3 Å². The molecule has 0 aliphatic heterocycles. The second-order valence-electron chi connectivity index (χ2n) is 7.44. The van der Waals surface area contributed by atoms with Gasteiger partial charge in [-0.3, -0.25) is 4.79 Å². The number of ether oxygens (including phenoxy) is 1. The van der Waals surface area contributed by atoms with Crippen LogP contribution in [0.2, 0.25) is 0 Å². The van der Waals surface area contributed by atoms with Crippen LogP contribution in [0.15, 0.2) is 18.2 Å². The number of methoxy groups -OCH3 is 1. The Hall–Kier alpha value is -1.47. The number of halogens is 4. The van der Waals surface area contributed by atoms with Crippen molar-refractivity contribution in [2.45, 2.75) is 50.9 Å². The van der Waals surface area contributed by atoms with E-state index in [1.807, 2.05) is 0 Å². The van der Waals surface area contributed by atoms with Crippen molar-refractivity contribution in [1.29, 1.82) is 0 Å². The fraction of sp³-hybridized carbons (Fsp3) is 0.632. The quantitative estimate of drug-likeness (QED) is 0.796. The highest BCUT2D eigenvalue weighted by atomic mass is 35.5. The van der Waals surface area contributed by atoms with Crippen LogP contribution in [0.4, 0.5) is 13.2 Å². The first-order valence-electron chi connectivity index (χ1n) is 9.07. The number of carbonyl (C=O) groups is 1. The second kappa shape index (κ2) is 8.69. The number of carbonyl (C=O) groups excluding carboxylic acids is 1. The van der Waals surface area contributed by atoms with E-state index in [-0.39, 0.29) is 48.1 Å². The van der Waals surface area contributed by atoms with Crippen LogP contribution in [0.1, 0.15) is 43.2 Å².